The van der Waals surface area contributed by atoms with Gasteiger partial charge in [0.05, 0.1) is 5.56 Å². The van der Waals surface area contributed by atoms with Gasteiger partial charge in [-0.25, -0.2) is 4.39 Å². The van der Waals surface area contributed by atoms with Gasteiger partial charge in [0.2, 0.25) is 0 Å². The molecule has 1 atom stereocenters. The van der Waals surface area contributed by atoms with Crippen LogP contribution in [0.5, 0.6) is 0 Å². The Balaban J connectivity index is 2.85. The van der Waals surface area contributed by atoms with Crippen LogP contribution in [0.2, 0.25) is 0 Å². The van der Waals surface area contributed by atoms with E-state index in [1.165, 1.54) is 12.1 Å². The van der Waals surface area contributed by atoms with Crippen molar-refractivity contribution in [1.29, 1.82) is 5.26 Å². The molecule has 2 nitrogen and oxygen atoms in total. The van der Waals surface area contributed by atoms with Crippen LogP contribution in [-0.4, -0.2) is 6.04 Å². The van der Waals surface area contributed by atoms with Crippen molar-refractivity contribution >= 4 is 5.69 Å². The van der Waals surface area contributed by atoms with E-state index in [0.717, 1.165) is 0 Å². The Morgan fingerprint density at radius 3 is 2.44 bits per heavy atom. The standard InChI is InChI=1S/C13H17FN2/c1-9(13(2,3)4)16-11-6-5-10(8-15)12(14)7-11/h5-7,9,16H,1-4H3. The van der Waals surface area contributed by atoms with Crippen LogP contribution in [0.3, 0.4) is 0 Å². The van der Waals surface area contributed by atoms with E-state index in [2.05, 4.69) is 33.0 Å². The SMILES string of the molecule is CC(Nc1ccc(C#N)c(F)c1)C(C)(C)C. The van der Waals surface area contributed by atoms with Crippen LogP contribution in [0.15, 0.2) is 18.2 Å². The molecule has 1 rings (SSSR count). The van der Waals surface area contributed by atoms with E-state index in [9.17, 15) is 4.39 Å². The predicted molar refractivity (Wildman–Crippen MR) is 63.7 cm³/mol. The minimum Gasteiger partial charge on any atom is -0.382 e. The number of benzene rings is 1. The maximum absolute atomic E-state index is 13.3. The zero-order valence-electron chi connectivity index (χ0n) is 10.1. The lowest BCUT2D eigenvalue weighted by Gasteiger charge is -2.29. The van der Waals surface area contributed by atoms with Gasteiger partial charge in [0.25, 0.3) is 0 Å². The number of rotatable bonds is 2. The van der Waals surface area contributed by atoms with E-state index in [4.69, 9.17) is 5.26 Å². The molecular weight excluding hydrogens is 203 g/mol. The second kappa shape index (κ2) is 4.52. The van der Waals surface area contributed by atoms with Crippen LogP contribution >= 0.6 is 0 Å². The summed E-state index contributed by atoms with van der Waals surface area (Å²) >= 11 is 0. The van der Waals surface area contributed by atoms with Crippen molar-refractivity contribution in [3.63, 3.8) is 0 Å². The summed E-state index contributed by atoms with van der Waals surface area (Å²) in [5.41, 5.74) is 0.887. The van der Waals surface area contributed by atoms with Crippen LogP contribution in [0.4, 0.5) is 10.1 Å². The van der Waals surface area contributed by atoms with E-state index in [1.54, 1.807) is 12.1 Å². The van der Waals surface area contributed by atoms with E-state index in [0.29, 0.717) is 5.69 Å². The maximum Gasteiger partial charge on any atom is 0.143 e. The molecule has 0 aliphatic rings. The summed E-state index contributed by atoms with van der Waals surface area (Å²) < 4.78 is 13.3. The number of hydrogen-bond acceptors (Lipinski definition) is 2. The Kier molecular flexibility index (Phi) is 3.54. The number of hydrogen-bond donors (Lipinski definition) is 1. The topological polar surface area (TPSA) is 35.8 Å². The molecule has 0 saturated heterocycles. The quantitative estimate of drug-likeness (QED) is 0.827. The highest BCUT2D eigenvalue weighted by atomic mass is 19.1. The highest BCUT2D eigenvalue weighted by Crippen LogP contribution is 2.23. The van der Waals surface area contributed by atoms with Gasteiger partial charge in [-0.2, -0.15) is 5.26 Å². The summed E-state index contributed by atoms with van der Waals surface area (Å²) in [6, 6.07) is 6.61. The van der Waals surface area contributed by atoms with Crippen LogP contribution in [0.25, 0.3) is 0 Å². The van der Waals surface area contributed by atoms with Crippen molar-refractivity contribution < 1.29 is 4.39 Å². The maximum atomic E-state index is 13.3. The van der Waals surface area contributed by atoms with Crippen LogP contribution in [-0.2, 0) is 0 Å². The summed E-state index contributed by atoms with van der Waals surface area (Å²) in [5.74, 6) is -0.478. The van der Waals surface area contributed by atoms with Gasteiger partial charge in [-0.15, -0.1) is 0 Å². The summed E-state index contributed by atoms with van der Waals surface area (Å²) in [6.07, 6.45) is 0. The van der Waals surface area contributed by atoms with Crippen molar-refractivity contribution in [2.45, 2.75) is 33.7 Å². The molecular formula is C13H17FN2. The van der Waals surface area contributed by atoms with Crippen molar-refractivity contribution in [3.05, 3.63) is 29.6 Å². The lowest BCUT2D eigenvalue weighted by Crippen LogP contribution is -2.30. The van der Waals surface area contributed by atoms with Gasteiger partial charge in [-0.1, -0.05) is 20.8 Å². The minimum absolute atomic E-state index is 0.0777. The van der Waals surface area contributed by atoms with Crippen molar-refractivity contribution in [3.8, 4) is 6.07 Å². The molecule has 0 aromatic heterocycles. The fourth-order valence-corrected chi connectivity index (χ4v) is 1.16. The molecule has 0 aliphatic heterocycles. The van der Waals surface area contributed by atoms with Gasteiger partial charge in [-0.3, -0.25) is 0 Å². The first kappa shape index (κ1) is 12.5. The second-order valence-electron chi connectivity index (χ2n) is 5.04. The fraction of sp³-hybridized carbons (Fsp3) is 0.462. The highest BCUT2D eigenvalue weighted by molar-refractivity contribution is 5.48. The minimum atomic E-state index is -0.478. The molecule has 0 aliphatic carbocycles. The number of nitriles is 1. The third kappa shape index (κ3) is 2.96. The molecule has 0 radical (unpaired) electrons. The first-order chi connectivity index (χ1) is 7.34. The number of nitrogens with one attached hydrogen (secondary N) is 1. The Labute approximate surface area is 96.1 Å². The average Bonchev–Trinajstić information content (AvgIpc) is 2.16. The molecule has 16 heavy (non-hydrogen) atoms. The monoisotopic (exact) mass is 220 g/mol. The second-order valence-corrected chi connectivity index (χ2v) is 5.04. The number of halogens is 1. The molecule has 0 bridgehead atoms. The number of anilines is 1. The Morgan fingerprint density at radius 2 is 2.00 bits per heavy atom. The van der Waals surface area contributed by atoms with E-state index >= 15 is 0 Å². The Hall–Kier alpha value is -1.56. The molecule has 0 amide bonds. The molecule has 3 heteroatoms. The van der Waals surface area contributed by atoms with Crippen LogP contribution in [0.1, 0.15) is 33.3 Å². The van der Waals surface area contributed by atoms with E-state index < -0.39 is 5.82 Å². The summed E-state index contributed by atoms with van der Waals surface area (Å²) in [5, 5.41) is 11.8. The van der Waals surface area contributed by atoms with Gasteiger partial charge in [-0.05, 0) is 30.5 Å². The Bertz CT molecular complexity index is 413. The zero-order chi connectivity index (χ0) is 12.3. The smallest absolute Gasteiger partial charge is 0.143 e. The normalized spacial score (nSPS) is 13.0. The van der Waals surface area contributed by atoms with Gasteiger partial charge in [0.1, 0.15) is 11.9 Å². The molecule has 1 unspecified atom stereocenters. The lowest BCUT2D eigenvalue weighted by molar-refractivity contribution is 0.359. The molecule has 0 saturated carbocycles. The van der Waals surface area contributed by atoms with Gasteiger partial charge in [0.15, 0.2) is 0 Å². The summed E-state index contributed by atoms with van der Waals surface area (Å²) in [7, 11) is 0. The largest absolute Gasteiger partial charge is 0.382 e. The first-order valence-corrected chi connectivity index (χ1v) is 5.31. The fourth-order valence-electron chi connectivity index (χ4n) is 1.16. The third-order valence-electron chi connectivity index (χ3n) is 2.77. The van der Waals surface area contributed by atoms with Crippen molar-refractivity contribution in [1.82, 2.24) is 0 Å². The molecule has 1 N–H and O–H groups in total. The molecule has 0 spiro atoms. The van der Waals surface area contributed by atoms with Crippen molar-refractivity contribution in [2.24, 2.45) is 5.41 Å². The first-order valence-electron chi connectivity index (χ1n) is 5.31. The summed E-state index contributed by atoms with van der Waals surface area (Å²) in [6.45, 7) is 8.40. The van der Waals surface area contributed by atoms with Gasteiger partial charge >= 0.3 is 0 Å². The Morgan fingerprint density at radius 1 is 1.38 bits per heavy atom. The molecule has 1 aromatic rings. The van der Waals surface area contributed by atoms with Crippen LogP contribution < -0.4 is 5.32 Å². The average molecular weight is 220 g/mol. The van der Waals surface area contributed by atoms with Gasteiger partial charge in [0, 0.05) is 11.7 Å². The predicted octanol–water partition coefficient (Wildman–Crippen LogP) is 3.54. The molecule has 0 heterocycles. The van der Waals surface area contributed by atoms with Crippen molar-refractivity contribution in [2.75, 3.05) is 5.32 Å². The highest BCUT2D eigenvalue weighted by Gasteiger charge is 2.19. The zero-order valence-corrected chi connectivity index (χ0v) is 10.1. The molecule has 86 valence electrons. The van der Waals surface area contributed by atoms with Crippen LogP contribution in [0, 0.1) is 22.6 Å². The molecule has 1 aromatic carbocycles. The third-order valence-corrected chi connectivity index (χ3v) is 2.77. The molecule has 0 fully saturated rings. The number of nitrogens with zero attached hydrogens (tertiary/aromatic N) is 1. The van der Waals surface area contributed by atoms with Gasteiger partial charge < -0.3 is 5.32 Å². The summed E-state index contributed by atoms with van der Waals surface area (Å²) in [4.78, 5) is 0. The lowest BCUT2D eigenvalue weighted by atomic mass is 9.88. The van der Waals surface area contributed by atoms with E-state index in [-0.39, 0.29) is 17.0 Å². The van der Waals surface area contributed by atoms with E-state index in [1.807, 2.05) is 0 Å².